The van der Waals surface area contributed by atoms with Crippen molar-refractivity contribution in [3.05, 3.63) is 23.2 Å². The average molecular weight is 282 g/mol. The lowest BCUT2D eigenvalue weighted by molar-refractivity contribution is -0.116. The quantitative estimate of drug-likeness (QED) is 0.816. The third kappa shape index (κ3) is 4.40. The molecule has 3 N–H and O–H groups in total. The standard InChI is InChI=1S/C14H20ClN3O/c15-11-5-6-13(12(16)10-11)17-14(19)4-3-9-18-7-1-2-8-18/h5-6,10H,1-4,7-9,16H2,(H,17,19). The molecule has 0 saturated carbocycles. The number of nitrogens with one attached hydrogen (secondary N) is 1. The van der Waals surface area contributed by atoms with Crippen molar-refractivity contribution in [1.82, 2.24) is 4.90 Å². The van der Waals surface area contributed by atoms with Gasteiger partial charge in [-0.3, -0.25) is 4.79 Å². The average Bonchev–Trinajstić information content (AvgIpc) is 2.86. The number of hydrogen-bond donors (Lipinski definition) is 2. The largest absolute Gasteiger partial charge is 0.397 e. The van der Waals surface area contributed by atoms with E-state index < -0.39 is 0 Å². The summed E-state index contributed by atoms with van der Waals surface area (Å²) >= 11 is 5.81. The molecule has 104 valence electrons. The van der Waals surface area contributed by atoms with Crippen LogP contribution in [0, 0.1) is 0 Å². The van der Waals surface area contributed by atoms with Gasteiger partial charge < -0.3 is 16.0 Å². The van der Waals surface area contributed by atoms with Gasteiger partial charge in [-0.2, -0.15) is 0 Å². The lowest BCUT2D eigenvalue weighted by Gasteiger charge is -2.14. The molecule has 1 saturated heterocycles. The van der Waals surface area contributed by atoms with Crippen LogP contribution in [0.2, 0.25) is 5.02 Å². The maximum absolute atomic E-state index is 11.8. The van der Waals surface area contributed by atoms with Gasteiger partial charge in [-0.25, -0.2) is 0 Å². The van der Waals surface area contributed by atoms with Crippen molar-refractivity contribution in [2.45, 2.75) is 25.7 Å². The van der Waals surface area contributed by atoms with Crippen LogP contribution in [0.3, 0.4) is 0 Å². The predicted molar refractivity (Wildman–Crippen MR) is 79.4 cm³/mol. The molecule has 2 rings (SSSR count). The van der Waals surface area contributed by atoms with Crippen LogP contribution in [-0.2, 0) is 4.79 Å². The van der Waals surface area contributed by atoms with Crippen molar-refractivity contribution in [2.24, 2.45) is 0 Å². The highest BCUT2D eigenvalue weighted by Crippen LogP contribution is 2.22. The Balaban J connectivity index is 1.74. The summed E-state index contributed by atoms with van der Waals surface area (Å²) in [6.45, 7) is 3.35. The lowest BCUT2D eigenvalue weighted by atomic mass is 10.2. The number of carbonyl (C=O) groups excluding carboxylic acids is 1. The predicted octanol–water partition coefficient (Wildman–Crippen LogP) is 2.74. The Morgan fingerprint density at radius 1 is 1.37 bits per heavy atom. The zero-order chi connectivity index (χ0) is 13.7. The number of carbonyl (C=O) groups is 1. The SMILES string of the molecule is Nc1cc(Cl)ccc1NC(=O)CCCN1CCCC1. The molecule has 1 amide bonds. The first-order chi connectivity index (χ1) is 9.15. The Bertz CT molecular complexity index is 444. The minimum absolute atomic E-state index is 0.00761. The summed E-state index contributed by atoms with van der Waals surface area (Å²) in [4.78, 5) is 14.2. The number of hydrogen-bond acceptors (Lipinski definition) is 3. The molecule has 19 heavy (non-hydrogen) atoms. The fraction of sp³-hybridized carbons (Fsp3) is 0.500. The van der Waals surface area contributed by atoms with Crippen LogP contribution in [0.4, 0.5) is 11.4 Å². The van der Waals surface area contributed by atoms with Crippen molar-refractivity contribution < 1.29 is 4.79 Å². The molecule has 0 bridgehead atoms. The molecule has 0 atom stereocenters. The van der Waals surface area contributed by atoms with Crippen molar-refractivity contribution in [3.8, 4) is 0 Å². The number of benzene rings is 1. The van der Waals surface area contributed by atoms with E-state index in [0.29, 0.717) is 22.8 Å². The molecule has 0 aliphatic carbocycles. The summed E-state index contributed by atoms with van der Waals surface area (Å²) in [5.74, 6) is 0.00761. The molecular formula is C14H20ClN3O. The fourth-order valence-electron chi connectivity index (χ4n) is 2.33. The Kier molecular flexibility index (Phi) is 5.05. The minimum Gasteiger partial charge on any atom is -0.397 e. The minimum atomic E-state index is 0.00761. The highest BCUT2D eigenvalue weighted by molar-refractivity contribution is 6.31. The number of rotatable bonds is 5. The van der Waals surface area contributed by atoms with E-state index in [1.54, 1.807) is 18.2 Å². The summed E-state index contributed by atoms with van der Waals surface area (Å²) in [5.41, 5.74) is 6.93. The molecule has 0 radical (unpaired) electrons. The molecule has 1 aliphatic heterocycles. The summed E-state index contributed by atoms with van der Waals surface area (Å²) in [5, 5.41) is 3.40. The second kappa shape index (κ2) is 6.78. The fourth-order valence-corrected chi connectivity index (χ4v) is 2.51. The van der Waals surface area contributed by atoms with E-state index in [4.69, 9.17) is 17.3 Å². The van der Waals surface area contributed by atoms with Crippen molar-refractivity contribution >= 4 is 28.9 Å². The topological polar surface area (TPSA) is 58.4 Å². The number of nitrogen functional groups attached to an aromatic ring is 1. The number of halogens is 1. The van der Waals surface area contributed by atoms with Gasteiger partial charge in [-0.15, -0.1) is 0 Å². The Morgan fingerprint density at radius 2 is 2.11 bits per heavy atom. The molecule has 1 fully saturated rings. The summed E-state index contributed by atoms with van der Waals surface area (Å²) in [6, 6.07) is 5.09. The van der Waals surface area contributed by atoms with Crippen LogP contribution in [0.25, 0.3) is 0 Å². The number of amides is 1. The van der Waals surface area contributed by atoms with Gasteiger partial charge in [0.15, 0.2) is 0 Å². The van der Waals surface area contributed by atoms with Gasteiger partial charge in [0.25, 0.3) is 0 Å². The second-order valence-corrected chi connectivity index (χ2v) is 5.37. The number of nitrogens with two attached hydrogens (primary N) is 1. The monoisotopic (exact) mass is 281 g/mol. The van der Waals surface area contributed by atoms with E-state index >= 15 is 0 Å². The van der Waals surface area contributed by atoms with Gasteiger partial charge in [0.05, 0.1) is 11.4 Å². The van der Waals surface area contributed by atoms with Crippen molar-refractivity contribution in [2.75, 3.05) is 30.7 Å². The van der Waals surface area contributed by atoms with E-state index in [1.165, 1.54) is 25.9 Å². The molecular weight excluding hydrogens is 262 g/mol. The van der Waals surface area contributed by atoms with Crippen LogP contribution < -0.4 is 11.1 Å². The lowest BCUT2D eigenvalue weighted by Crippen LogP contribution is -2.22. The molecule has 4 nitrogen and oxygen atoms in total. The number of likely N-dealkylation sites (tertiary alicyclic amines) is 1. The molecule has 1 aliphatic rings. The van der Waals surface area contributed by atoms with E-state index in [2.05, 4.69) is 10.2 Å². The van der Waals surface area contributed by atoms with Gasteiger partial charge in [0.1, 0.15) is 0 Å². The third-order valence-electron chi connectivity index (χ3n) is 3.36. The summed E-state index contributed by atoms with van der Waals surface area (Å²) < 4.78 is 0. The van der Waals surface area contributed by atoms with Crippen LogP contribution in [0.5, 0.6) is 0 Å². The van der Waals surface area contributed by atoms with E-state index in [1.807, 2.05) is 0 Å². The molecule has 0 aromatic heterocycles. The van der Waals surface area contributed by atoms with Gasteiger partial charge in [0, 0.05) is 11.4 Å². The number of nitrogens with zero attached hydrogens (tertiary/aromatic N) is 1. The van der Waals surface area contributed by atoms with E-state index in [9.17, 15) is 4.79 Å². The zero-order valence-corrected chi connectivity index (χ0v) is 11.7. The Labute approximate surface area is 118 Å². The van der Waals surface area contributed by atoms with Gasteiger partial charge in [-0.1, -0.05) is 11.6 Å². The summed E-state index contributed by atoms with van der Waals surface area (Å²) in [6.07, 6.45) is 3.99. The first kappa shape index (κ1) is 14.2. The first-order valence-electron chi connectivity index (χ1n) is 6.72. The maximum Gasteiger partial charge on any atom is 0.224 e. The number of anilines is 2. The zero-order valence-electron chi connectivity index (χ0n) is 11.0. The van der Waals surface area contributed by atoms with Crippen LogP contribution in [0.1, 0.15) is 25.7 Å². The molecule has 5 heteroatoms. The van der Waals surface area contributed by atoms with Crippen LogP contribution >= 0.6 is 11.6 Å². The molecule has 1 aromatic rings. The highest BCUT2D eigenvalue weighted by Gasteiger charge is 2.12. The second-order valence-electron chi connectivity index (χ2n) is 4.93. The highest BCUT2D eigenvalue weighted by atomic mass is 35.5. The van der Waals surface area contributed by atoms with Gasteiger partial charge in [0.2, 0.25) is 5.91 Å². The first-order valence-corrected chi connectivity index (χ1v) is 7.10. The third-order valence-corrected chi connectivity index (χ3v) is 3.60. The molecule has 1 heterocycles. The van der Waals surface area contributed by atoms with Gasteiger partial charge in [-0.05, 0) is 57.1 Å². The normalized spacial score (nSPS) is 15.6. The van der Waals surface area contributed by atoms with Crippen LogP contribution in [0.15, 0.2) is 18.2 Å². The molecule has 0 unspecified atom stereocenters. The van der Waals surface area contributed by atoms with Gasteiger partial charge >= 0.3 is 0 Å². The summed E-state index contributed by atoms with van der Waals surface area (Å²) in [7, 11) is 0. The Hall–Kier alpha value is -1.26. The van der Waals surface area contributed by atoms with E-state index in [-0.39, 0.29) is 5.91 Å². The van der Waals surface area contributed by atoms with Crippen LogP contribution in [-0.4, -0.2) is 30.4 Å². The van der Waals surface area contributed by atoms with E-state index in [0.717, 1.165) is 13.0 Å². The molecule has 1 aromatic carbocycles. The smallest absolute Gasteiger partial charge is 0.224 e. The maximum atomic E-state index is 11.8. The molecule has 0 spiro atoms. The van der Waals surface area contributed by atoms with Crippen molar-refractivity contribution in [1.29, 1.82) is 0 Å². The van der Waals surface area contributed by atoms with Crippen molar-refractivity contribution in [3.63, 3.8) is 0 Å². The Morgan fingerprint density at radius 3 is 2.79 bits per heavy atom.